The fourth-order valence-electron chi connectivity index (χ4n) is 2.33. The molecule has 0 aliphatic carbocycles. The third-order valence-electron chi connectivity index (χ3n) is 3.65. The number of nitriles is 1. The van der Waals surface area contributed by atoms with Crippen LogP contribution in [0.4, 0.5) is 0 Å². The lowest BCUT2D eigenvalue weighted by Gasteiger charge is -2.28. The van der Waals surface area contributed by atoms with Crippen LogP contribution in [0.1, 0.15) is 71.9 Å². The SMILES string of the molecule is CC(C)(C)c1cc(SCCCCC#N)cc(C(C)(C)C)c1O. The smallest absolute Gasteiger partial charge is 0.123 e. The van der Waals surface area contributed by atoms with Gasteiger partial charge in [-0.1, -0.05) is 41.5 Å². The van der Waals surface area contributed by atoms with E-state index in [9.17, 15) is 5.11 Å². The van der Waals surface area contributed by atoms with Gasteiger partial charge in [0.1, 0.15) is 5.75 Å². The minimum atomic E-state index is -0.0819. The highest BCUT2D eigenvalue weighted by atomic mass is 32.2. The van der Waals surface area contributed by atoms with Crippen molar-refractivity contribution in [3.8, 4) is 11.8 Å². The van der Waals surface area contributed by atoms with Gasteiger partial charge >= 0.3 is 0 Å². The molecule has 0 saturated carbocycles. The average Bonchev–Trinajstić information content (AvgIpc) is 2.37. The second kappa shape index (κ2) is 7.42. The first-order valence-corrected chi connectivity index (χ1v) is 8.93. The topological polar surface area (TPSA) is 44.0 Å². The third kappa shape index (κ3) is 5.25. The molecule has 0 spiro atoms. The normalized spacial score (nSPS) is 12.2. The summed E-state index contributed by atoms with van der Waals surface area (Å²) in [5.41, 5.74) is 1.86. The summed E-state index contributed by atoms with van der Waals surface area (Å²) in [4.78, 5) is 1.21. The summed E-state index contributed by atoms with van der Waals surface area (Å²) >= 11 is 1.82. The Balaban J connectivity index is 3.06. The molecule has 0 unspecified atom stereocenters. The predicted molar refractivity (Wildman–Crippen MR) is 95.7 cm³/mol. The van der Waals surface area contributed by atoms with E-state index in [2.05, 4.69) is 59.7 Å². The van der Waals surface area contributed by atoms with E-state index >= 15 is 0 Å². The van der Waals surface area contributed by atoms with Crippen molar-refractivity contribution in [2.45, 2.75) is 76.5 Å². The van der Waals surface area contributed by atoms with Gasteiger partial charge in [0.15, 0.2) is 0 Å². The fraction of sp³-hybridized carbons (Fsp3) is 0.632. The molecule has 3 heteroatoms. The summed E-state index contributed by atoms with van der Waals surface area (Å²) in [6.07, 6.45) is 2.64. The number of aromatic hydroxyl groups is 1. The van der Waals surface area contributed by atoms with Crippen LogP contribution in [-0.4, -0.2) is 10.9 Å². The van der Waals surface area contributed by atoms with Gasteiger partial charge in [-0.15, -0.1) is 11.8 Å². The Morgan fingerprint density at radius 3 is 1.91 bits per heavy atom. The number of hydrogen-bond donors (Lipinski definition) is 1. The highest BCUT2D eigenvalue weighted by molar-refractivity contribution is 7.99. The third-order valence-corrected chi connectivity index (χ3v) is 4.71. The number of hydrogen-bond acceptors (Lipinski definition) is 3. The first-order chi connectivity index (χ1) is 10.1. The standard InChI is InChI=1S/C19H29NOS/c1-18(2,3)15-12-14(22-11-9-7-8-10-20)13-16(17(15)21)19(4,5)6/h12-13,21H,7-9,11H2,1-6H3. The van der Waals surface area contributed by atoms with Crippen LogP contribution in [0.15, 0.2) is 17.0 Å². The van der Waals surface area contributed by atoms with E-state index in [1.807, 2.05) is 11.8 Å². The average molecular weight is 320 g/mol. The molecule has 0 heterocycles. The summed E-state index contributed by atoms with van der Waals surface area (Å²) in [7, 11) is 0. The van der Waals surface area contributed by atoms with Crippen molar-refractivity contribution < 1.29 is 5.11 Å². The molecule has 2 nitrogen and oxygen atoms in total. The molecule has 1 aromatic rings. The van der Waals surface area contributed by atoms with Gasteiger partial charge in [-0.3, -0.25) is 0 Å². The van der Waals surface area contributed by atoms with E-state index in [0.717, 1.165) is 29.7 Å². The lowest BCUT2D eigenvalue weighted by molar-refractivity contribution is 0.422. The molecule has 1 N–H and O–H groups in total. The van der Waals surface area contributed by atoms with Crippen LogP contribution >= 0.6 is 11.8 Å². The molecule has 0 saturated heterocycles. The molecule has 1 aromatic carbocycles. The van der Waals surface area contributed by atoms with Gasteiger partial charge in [0.2, 0.25) is 0 Å². The van der Waals surface area contributed by atoms with Crippen LogP contribution in [-0.2, 0) is 10.8 Å². The second-order valence-corrected chi connectivity index (χ2v) is 9.00. The maximum atomic E-state index is 10.7. The van der Waals surface area contributed by atoms with Gasteiger partial charge in [0, 0.05) is 22.4 Å². The minimum absolute atomic E-state index is 0.0819. The molecule has 122 valence electrons. The summed E-state index contributed by atoms with van der Waals surface area (Å²) in [6, 6.07) is 6.44. The Hall–Kier alpha value is -1.14. The Morgan fingerprint density at radius 1 is 1.00 bits per heavy atom. The van der Waals surface area contributed by atoms with Crippen molar-refractivity contribution in [2.75, 3.05) is 5.75 Å². The van der Waals surface area contributed by atoms with Gasteiger partial charge in [-0.25, -0.2) is 0 Å². The first kappa shape index (κ1) is 18.9. The lowest BCUT2D eigenvalue weighted by Crippen LogP contribution is -2.17. The van der Waals surface area contributed by atoms with Gasteiger partial charge < -0.3 is 5.11 Å². The highest BCUT2D eigenvalue weighted by Crippen LogP contribution is 2.41. The van der Waals surface area contributed by atoms with Crippen LogP contribution in [0.3, 0.4) is 0 Å². The maximum absolute atomic E-state index is 10.7. The number of phenols is 1. The molecule has 0 radical (unpaired) electrons. The zero-order chi connectivity index (χ0) is 17.0. The van der Waals surface area contributed by atoms with Gasteiger partial charge in [-0.2, -0.15) is 5.26 Å². The van der Waals surface area contributed by atoms with E-state index in [4.69, 9.17) is 5.26 Å². The van der Waals surface area contributed by atoms with Gasteiger partial charge in [0.25, 0.3) is 0 Å². The Kier molecular flexibility index (Phi) is 6.38. The predicted octanol–water partition coefficient (Wildman–Crippen LogP) is 5.77. The molecule has 1 rings (SSSR count). The highest BCUT2D eigenvalue weighted by Gasteiger charge is 2.26. The fourth-order valence-corrected chi connectivity index (χ4v) is 3.32. The molecule has 22 heavy (non-hydrogen) atoms. The monoisotopic (exact) mass is 319 g/mol. The van der Waals surface area contributed by atoms with Crippen LogP contribution in [0.5, 0.6) is 5.75 Å². The van der Waals surface area contributed by atoms with Crippen molar-refractivity contribution >= 4 is 11.8 Å². The molecule has 0 bridgehead atoms. The number of unbranched alkanes of at least 4 members (excludes halogenated alkanes) is 2. The van der Waals surface area contributed by atoms with Crippen LogP contribution in [0.25, 0.3) is 0 Å². The Labute approximate surface area is 139 Å². The van der Waals surface area contributed by atoms with Crippen molar-refractivity contribution in [2.24, 2.45) is 0 Å². The molecule has 0 amide bonds. The van der Waals surface area contributed by atoms with E-state index in [1.165, 1.54) is 4.90 Å². The first-order valence-electron chi connectivity index (χ1n) is 7.95. The van der Waals surface area contributed by atoms with Gasteiger partial charge in [-0.05, 0) is 41.6 Å². The molecule has 0 aliphatic heterocycles. The number of phenolic OH excluding ortho intramolecular Hbond substituents is 1. The van der Waals surface area contributed by atoms with E-state index < -0.39 is 0 Å². The van der Waals surface area contributed by atoms with Crippen LogP contribution in [0, 0.1) is 11.3 Å². The molecular weight excluding hydrogens is 290 g/mol. The van der Waals surface area contributed by atoms with Crippen molar-refractivity contribution in [3.63, 3.8) is 0 Å². The number of benzene rings is 1. The molecule has 0 atom stereocenters. The van der Waals surface area contributed by atoms with Crippen LogP contribution in [0.2, 0.25) is 0 Å². The Morgan fingerprint density at radius 2 is 1.50 bits per heavy atom. The second-order valence-electron chi connectivity index (χ2n) is 7.83. The minimum Gasteiger partial charge on any atom is -0.507 e. The maximum Gasteiger partial charge on any atom is 0.123 e. The number of rotatable bonds is 5. The largest absolute Gasteiger partial charge is 0.507 e. The lowest BCUT2D eigenvalue weighted by atomic mass is 9.79. The summed E-state index contributed by atoms with van der Waals surface area (Å²) < 4.78 is 0. The summed E-state index contributed by atoms with van der Waals surface area (Å²) in [6.45, 7) is 12.8. The Bertz CT molecular complexity index is 509. The summed E-state index contributed by atoms with van der Waals surface area (Å²) in [5, 5.41) is 19.3. The van der Waals surface area contributed by atoms with Crippen molar-refractivity contribution in [1.29, 1.82) is 5.26 Å². The van der Waals surface area contributed by atoms with Crippen LogP contribution < -0.4 is 0 Å². The quantitative estimate of drug-likeness (QED) is 0.553. The molecule has 0 fully saturated rings. The van der Waals surface area contributed by atoms with E-state index in [-0.39, 0.29) is 10.8 Å². The number of thioether (sulfide) groups is 1. The van der Waals surface area contributed by atoms with E-state index in [1.54, 1.807) is 0 Å². The molecule has 0 aromatic heterocycles. The van der Waals surface area contributed by atoms with Crippen molar-refractivity contribution in [1.82, 2.24) is 0 Å². The van der Waals surface area contributed by atoms with Gasteiger partial charge in [0.05, 0.1) is 6.07 Å². The zero-order valence-electron chi connectivity index (χ0n) is 14.8. The number of nitrogens with zero attached hydrogens (tertiary/aromatic N) is 1. The van der Waals surface area contributed by atoms with E-state index in [0.29, 0.717) is 12.2 Å². The van der Waals surface area contributed by atoms with Crippen molar-refractivity contribution in [3.05, 3.63) is 23.3 Å². The summed E-state index contributed by atoms with van der Waals surface area (Å²) in [5.74, 6) is 1.45. The zero-order valence-corrected chi connectivity index (χ0v) is 15.6. The molecule has 0 aliphatic rings. The molecular formula is C19H29NOS.